The number of hydrogen-bond donors (Lipinski definition) is 1. The molecule has 1 aromatic carbocycles. The molecule has 1 saturated heterocycles. The molecule has 0 spiro atoms. The van der Waals surface area contributed by atoms with Crippen LogP contribution in [0.15, 0.2) is 24.3 Å². The summed E-state index contributed by atoms with van der Waals surface area (Å²) in [7, 11) is 0. The second-order valence-electron chi connectivity index (χ2n) is 6.57. The van der Waals surface area contributed by atoms with Gasteiger partial charge in [0.05, 0.1) is 18.8 Å². The highest BCUT2D eigenvalue weighted by Gasteiger charge is 2.24. The number of ether oxygens (including phenoxy) is 1. The van der Waals surface area contributed by atoms with Crippen molar-refractivity contribution in [1.29, 1.82) is 0 Å². The Hall–Kier alpha value is -1.01. The second kappa shape index (κ2) is 8.73. The van der Waals surface area contributed by atoms with E-state index in [0.29, 0.717) is 13.2 Å². The van der Waals surface area contributed by atoms with Crippen LogP contribution in [0.3, 0.4) is 0 Å². The number of aliphatic hydroxyl groups excluding tert-OH is 1. The number of aliphatic hydroxyl groups is 1. The van der Waals surface area contributed by atoms with Crippen LogP contribution in [0.4, 0.5) is 4.39 Å². The van der Waals surface area contributed by atoms with Crippen LogP contribution in [-0.2, 0) is 4.74 Å². The maximum absolute atomic E-state index is 13.9. The topological polar surface area (TPSA) is 35.9 Å². The molecule has 1 aliphatic rings. The van der Waals surface area contributed by atoms with E-state index in [1.165, 1.54) is 6.07 Å². The van der Waals surface area contributed by atoms with Gasteiger partial charge in [0, 0.05) is 44.3 Å². The van der Waals surface area contributed by atoms with Crippen molar-refractivity contribution in [2.75, 3.05) is 39.3 Å². The van der Waals surface area contributed by atoms with Gasteiger partial charge in [0.1, 0.15) is 5.82 Å². The highest BCUT2D eigenvalue weighted by atomic mass is 19.1. The maximum Gasteiger partial charge on any atom is 0.127 e. The van der Waals surface area contributed by atoms with Crippen molar-refractivity contribution in [2.45, 2.75) is 39.0 Å². The number of rotatable bonds is 7. The lowest BCUT2D eigenvalue weighted by molar-refractivity contribution is -0.0164. The lowest BCUT2D eigenvalue weighted by Crippen LogP contribution is -2.49. The van der Waals surface area contributed by atoms with E-state index >= 15 is 0 Å². The largest absolute Gasteiger partial charge is 0.389 e. The first-order chi connectivity index (χ1) is 11.0. The quantitative estimate of drug-likeness (QED) is 0.835. The van der Waals surface area contributed by atoms with Gasteiger partial charge in [-0.1, -0.05) is 18.2 Å². The Balaban J connectivity index is 1.78. The van der Waals surface area contributed by atoms with E-state index in [4.69, 9.17) is 4.74 Å². The van der Waals surface area contributed by atoms with E-state index in [2.05, 4.69) is 16.7 Å². The zero-order chi connectivity index (χ0) is 16.8. The number of β-amino-alcohol motifs (C(OH)–C–C–N with tert-alkyl or cyclic N) is 1. The van der Waals surface area contributed by atoms with Crippen LogP contribution >= 0.6 is 0 Å². The second-order valence-corrected chi connectivity index (χ2v) is 6.57. The standard InChI is InChI=1S/C18H29FN2O2/c1-14(2)23-13-16(22)12-20-8-10-21(11-9-20)15(3)17-6-4-5-7-18(17)19/h4-7,14-16,22H,8-13H2,1-3H3/t15-,16+/m0/s1. The molecule has 1 aliphatic heterocycles. The van der Waals surface area contributed by atoms with Gasteiger partial charge in [-0.3, -0.25) is 9.80 Å². The number of benzene rings is 1. The fourth-order valence-corrected chi connectivity index (χ4v) is 3.00. The Bertz CT molecular complexity index is 476. The molecule has 1 aromatic rings. The predicted molar refractivity (Wildman–Crippen MR) is 89.9 cm³/mol. The molecule has 4 nitrogen and oxygen atoms in total. The molecule has 1 heterocycles. The molecule has 1 N–H and O–H groups in total. The number of piperazine rings is 1. The summed E-state index contributed by atoms with van der Waals surface area (Å²) in [4.78, 5) is 4.55. The average molecular weight is 324 g/mol. The molecule has 0 bridgehead atoms. The Kier molecular flexibility index (Phi) is 6.96. The first-order valence-corrected chi connectivity index (χ1v) is 8.48. The molecule has 130 valence electrons. The highest BCUT2D eigenvalue weighted by Crippen LogP contribution is 2.23. The van der Waals surface area contributed by atoms with Gasteiger partial charge in [-0.25, -0.2) is 4.39 Å². The summed E-state index contributed by atoms with van der Waals surface area (Å²) < 4.78 is 19.4. The normalized spacial score (nSPS) is 19.9. The van der Waals surface area contributed by atoms with E-state index in [0.717, 1.165) is 31.7 Å². The minimum absolute atomic E-state index is 0.0764. The van der Waals surface area contributed by atoms with Gasteiger partial charge in [-0.2, -0.15) is 0 Å². The van der Waals surface area contributed by atoms with E-state index < -0.39 is 6.10 Å². The molecule has 0 amide bonds. The lowest BCUT2D eigenvalue weighted by atomic mass is 10.1. The van der Waals surface area contributed by atoms with Crippen LogP contribution in [-0.4, -0.2) is 66.4 Å². The third kappa shape index (κ3) is 5.53. The fraction of sp³-hybridized carbons (Fsp3) is 0.667. The van der Waals surface area contributed by atoms with E-state index in [1.807, 2.05) is 26.0 Å². The van der Waals surface area contributed by atoms with Gasteiger partial charge >= 0.3 is 0 Å². The summed E-state index contributed by atoms with van der Waals surface area (Å²) in [5.41, 5.74) is 0.756. The van der Waals surface area contributed by atoms with E-state index in [-0.39, 0.29) is 18.0 Å². The van der Waals surface area contributed by atoms with Crippen molar-refractivity contribution in [3.63, 3.8) is 0 Å². The van der Waals surface area contributed by atoms with Crippen LogP contribution < -0.4 is 0 Å². The molecule has 0 radical (unpaired) electrons. The van der Waals surface area contributed by atoms with Crippen molar-refractivity contribution in [2.24, 2.45) is 0 Å². The van der Waals surface area contributed by atoms with Crippen molar-refractivity contribution in [3.05, 3.63) is 35.6 Å². The van der Waals surface area contributed by atoms with Gasteiger partial charge in [0.15, 0.2) is 0 Å². The summed E-state index contributed by atoms with van der Waals surface area (Å²) >= 11 is 0. The van der Waals surface area contributed by atoms with Crippen LogP contribution in [0.2, 0.25) is 0 Å². The zero-order valence-corrected chi connectivity index (χ0v) is 14.4. The highest BCUT2D eigenvalue weighted by molar-refractivity contribution is 5.20. The van der Waals surface area contributed by atoms with Gasteiger partial charge < -0.3 is 9.84 Å². The SMILES string of the molecule is CC(C)OC[C@H](O)CN1CCN([C@@H](C)c2ccccc2F)CC1. The molecule has 5 heteroatoms. The smallest absolute Gasteiger partial charge is 0.127 e. The molecule has 1 fully saturated rings. The van der Waals surface area contributed by atoms with Gasteiger partial charge in [-0.05, 0) is 26.8 Å². The Morgan fingerprint density at radius 3 is 2.39 bits per heavy atom. The molecule has 0 unspecified atom stereocenters. The number of halogens is 1. The molecule has 0 saturated carbocycles. The Labute approximate surface area is 138 Å². The lowest BCUT2D eigenvalue weighted by Gasteiger charge is -2.38. The summed E-state index contributed by atoms with van der Waals surface area (Å²) in [6, 6.07) is 7.07. The molecular weight excluding hydrogens is 295 g/mol. The number of hydrogen-bond acceptors (Lipinski definition) is 4. The minimum atomic E-state index is -0.451. The van der Waals surface area contributed by atoms with E-state index in [1.54, 1.807) is 6.07 Å². The third-order valence-corrected chi connectivity index (χ3v) is 4.40. The van der Waals surface area contributed by atoms with Crippen molar-refractivity contribution in [3.8, 4) is 0 Å². The predicted octanol–water partition coefficient (Wildman–Crippen LogP) is 2.29. The van der Waals surface area contributed by atoms with Gasteiger partial charge in [-0.15, -0.1) is 0 Å². The Morgan fingerprint density at radius 1 is 1.13 bits per heavy atom. The molecule has 0 aromatic heterocycles. The van der Waals surface area contributed by atoms with Crippen LogP contribution in [0, 0.1) is 5.82 Å². The summed E-state index contributed by atoms with van der Waals surface area (Å²) in [5, 5.41) is 10.0. The van der Waals surface area contributed by atoms with Crippen molar-refractivity contribution < 1.29 is 14.2 Å². The maximum atomic E-state index is 13.9. The van der Waals surface area contributed by atoms with Gasteiger partial charge in [0.25, 0.3) is 0 Å². The zero-order valence-electron chi connectivity index (χ0n) is 14.4. The van der Waals surface area contributed by atoms with Crippen molar-refractivity contribution in [1.82, 2.24) is 9.80 Å². The first-order valence-electron chi connectivity index (χ1n) is 8.48. The summed E-state index contributed by atoms with van der Waals surface area (Å²) in [6.07, 6.45) is -0.309. The van der Waals surface area contributed by atoms with E-state index in [9.17, 15) is 9.50 Å². The van der Waals surface area contributed by atoms with Crippen molar-refractivity contribution >= 4 is 0 Å². The number of nitrogens with zero attached hydrogens (tertiary/aromatic N) is 2. The van der Waals surface area contributed by atoms with Crippen LogP contribution in [0.1, 0.15) is 32.4 Å². The monoisotopic (exact) mass is 324 g/mol. The fourth-order valence-electron chi connectivity index (χ4n) is 3.00. The molecule has 23 heavy (non-hydrogen) atoms. The Morgan fingerprint density at radius 2 is 1.78 bits per heavy atom. The summed E-state index contributed by atoms with van der Waals surface area (Å²) in [6.45, 7) is 10.5. The summed E-state index contributed by atoms with van der Waals surface area (Å²) in [5.74, 6) is -0.135. The molecular formula is C18H29FN2O2. The first kappa shape index (κ1) is 18.3. The minimum Gasteiger partial charge on any atom is -0.389 e. The molecule has 2 rings (SSSR count). The van der Waals surface area contributed by atoms with Crippen LogP contribution in [0.25, 0.3) is 0 Å². The third-order valence-electron chi connectivity index (χ3n) is 4.40. The average Bonchev–Trinajstić information content (AvgIpc) is 2.53. The van der Waals surface area contributed by atoms with Gasteiger partial charge in [0.2, 0.25) is 0 Å². The van der Waals surface area contributed by atoms with Crippen LogP contribution in [0.5, 0.6) is 0 Å². The molecule has 2 atom stereocenters. The molecule has 0 aliphatic carbocycles.